The number of hydrogen-bond acceptors (Lipinski definition) is 8. The lowest BCUT2D eigenvalue weighted by atomic mass is 9.94. The molecule has 2 heterocycles. The molecule has 0 atom stereocenters. The van der Waals surface area contributed by atoms with E-state index >= 15 is 0 Å². The Balaban J connectivity index is 1.39. The number of unbranched alkanes of at least 4 members (excludes halogenated alkanes) is 2. The van der Waals surface area contributed by atoms with E-state index in [0.29, 0.717) is 45.3 Å². The second-order valence-electron chi connectivity index (χ2n) is 13.5. The van der Waals surface area contributed by atoms with Crippen LogP contribution in [0.25, 0.3) is 55.0 Å². The first kappa shape index (κ1) is 37.3. The fourth-order valence-corrected chi connectivity index (χ4v) is 9.17. The summed E-state index contributed by atoms with van der Waals surface area (Å²) >= 11 is 0. The van der Waals surface area contributed by atoms with Gasteiger partial charge < -0.3 is 35.3 Å². The third-order valence-electron chi connectivity index (χ3n) is 9.79. The van der Waals surface area contributed by atoms with Crippen LogP contribution < -0.4 is 18.5 Å². The Morgan fingerprint density at radius 2 is 0.768 bits per heavy atom. The minimum Gasteiger partial charge on any atom is -0.497 e. The van der Waals surface area contributed by atoms with Crippen molar-refractivity contribution in [3.63, 3.8) is 0 Å². The fourth-order valence-electron chi connectivity index (χ4n) is 6.93. The first-order chi connectivity index (χ1) is 27.6. The van der Waals surface area contributed by atoms with Gasteiger partial charge >= 0.3 is 16.5 Å². The Bertz CT molecular complexity index is 2430. The number of methoxy groups -OCH3 is 2. The van der Waals surface area contributed by atoms with Crippen LogP contribution in [0, 0.1) is 0 Å². The molecule has 2 aromatic heterocycles. The molecule has 10 heteroatoms. The molecule has 286 valence electrons. The molecule has 0 aliphatic heterocycles. The monoisotopic (exact) mass is 786 g/mol. The maximum Gasteiger partial charge on any atom is 0.453 e. The third kappa shape index (κ3) is 7.73. The van der Waals surface area contributed by atoms with E-state index in [0.717, 1.165) is 82.3 Å². The van der Waals surface area contributed by atoms with Crippen molar-refractivity contribution in [1.82, 2.24) is 0 Å². The smallest absolute Gasteiger partial charge is 0.453 e. The Labute approximate surface area is 327 Å². The van der Waals surface area contributed by atoms with Crippen LogP contribution in [0.15, 0.2) is 138 Å². The van der Waals surface area contributed by atoms with Gasteiger partial charge in [-0.2, -0.15) is 0 Å². The zero-order chi connectivity index (χ0) is 38.4. The Hall–Kier alpha value is -5.68. The van der Waals surface area contributed by atoms with Gasteiger partial charge in [0.1, 0.15) is 45.3 Å². The molecular weight excluding hydrogens is 742 g/mol. The molecule has 56 heavy (non-hydrogen) atoms. The second kappa shape index (κ2) is 17.0. The molecule has 0 saturated carbocycles. The van der Waals surface area contributed by atoms with E-state index in [-0.39, 0.29) is 0 Å². The van der Waals surface area contributed by atoms with Crippen LogP contribution in [-0.4, -0.2) is 14.2 Å². The summed E-state index contributed by atoms with van der Waals surface area (Å²) < 4.78 is 52.4. The van der Waals surface area contributed by atoms with Gasteiger partial charge in [0.25, 0.3) is 0 Å². The van der Waals surface area contributed by atoms with Crippen molar-refractivity contribution in [3.05, 3.63) is 132 Å². The van der Waals surface area contributed by atoms with Gasteiger partial charge in [0.2, 0.25) is 0 Å². The summed E-state index contributed by atoms with van der Waals surface area (Å²) in [6.45, 7) is 4.35. The Kier molecular flexibility index (Phi) is 11.3. The standard InChI is InChI=1S/C46H44O8P2/c1-5-7-17-31-27-33(47-3)29-39(45(31)53-55-49-41-23-13-9-19-35(41)36-20-10-14-24-42(36)50-55)40-30-34(48-4)28-32(18-8-6-2)46(40)54-56-51-43-25-15-11-21-37(43)38-22-12-16-26-44(38)52-56/h9-16,19-30H,5-8,17-18H2,1-4H3. The molecular formula is C46H44O8P2. The van der Waals surface area contributed by atoms with E-state index in [1.165, 1.54) is 0 Å². The molecule has 0 saturated heterocycles. The van der Waals surface area contributed by atoms with E-state index in [9.17, 15) is 0 Å². The quantitative estimate of drug-likeness (QED) is 0.114. The van der Waals surface area contributed by atoms with Crippen molar-refractivity contribution < 1.29 is 35.3 Å². The minimum atomic E-state index is -1.97. The summed E-state index contributed by atoms with van der Waals surface area (Å²) in [7, 11) is -0.587. The average Bonchev–Trinajstić information content (AvgIpc) is 3.50. The molecule has 0 aliphatic rings. The van der Waals surface area contributed by atoms with Gasteiger partial charge in [-0.05, 0) is 85.3 Å². The summed E-state index contributed by atoms with van der Waals surface area (Å²) in [4.78, 5) is 0. The van der Waals surface area contributed by atoms with Gasteiger partial charge in [-0.25, -0.2) is 0 Å². The largest absolute Gasteiger partial charge is 0.497 e. The van der Waals surface area contributed by atoms with Crippen molar-refractivity contribution in [2.45, 2.75) is 52.4 Å². The fraction of sp³-hybridized carbons (Fsp3) is 0.217. The maximum atomic E-state index is 7.03. The lowest BCUT2D eigenvalue weighted by Crippen LogP contribution is -2.00. The summed E-state index contributed by atoms with van der Waals surface area (Å²) in [5.74, 6) is 2.61. The van der Waals surface area contributed by atoms with E-state index < -0.39 is 16.5 Å². The maximum absolute atomic E-state index is 7.03. The number of rotatable bonds is 13. The van der Waals surface area contributed by atoms with Gasteiger partial charge in [0.15, 0.2) is 0 Å². The lowest BCUT2D eigenvalue weighted by molar-refractivity contribution is 0.411. The second-order valence-corrected chi connectivity index (χ2v) is 15.5. The SMILES string of the molecule is CCCCc1cc(OC)cc(-c2cc(OC)cc(CCCC)c2Op2oc3ccccc3c3ccccc3o2)c1Op1oc2ccccc2c2ccccc2o1. The first-order valence-electron chi connectivity index (χ1n) is 19.0. The van der Waals surface area contributed by atoms with E-state index in [1.807, 2.05) is 121 Å². The predicted molar refractivity (Wildman–Crippen MR) is 227 cm³/mol. The molecule has 8 aromatic rings. The first-order valence-corrected chi connectivity index (χ1v) is 21.2. The molecule has 8 nitrogen and oxygen atoms in total. The van der Waals surface area contributed by atoms with Gasteiger partial charge in [-0.1, -0.05) is 99.5 Å². The molecule has 0 aliphatic carbocycles. The summed E-state index contributed by atoms with van der Waals surface area (Å²) in [6, 6.07) is 39.8. The van der Waals surface area contributed by atoms with Gasteiger partial charge in [0.05, 0.1) is 14.2 Å². The van der Waals surface area contributed by atoms with E-state index in [4.69, 9.17) is 35.3 Å². The average molecular weight is 787 g/mol. The van der Waals surface area contributed by atoms with Gasteiger partial charge in [0, 0.05) is 32.7 Å². The molecule has 0 fully saturated rings. The van der Waals surface area contributed by atoms with Crippen LogP contribution in [0.4, 0.5) is 0 Å². The normalized spacial score (nSPS) is 11.3. The molecule has 0 unspecified atom stereocenters. The third-order valence-corrected chi connectivity index (χ3v) is 11.8. The predicted octanol–water partition coefficient (Wildman–Crippen LogP) is 14.9. The summed E-state index contributed by atoms with van der Waals surface area (Å²) in [5, 5.41) is 3.76. The topological polar surface area (TPSA) is 89.5 Å². The van der Waals surface area contributed by atoms with Crippen molar-refractivity contribution in [3.8, 4) is 34.1 Å². The van der Waals surface area contributed by atoms with Crippen molar-refractivity contribution in [1.29, 1.82) is 0 Å². The molecule has 0 amide bonds. The number of para-hydroxylation sites is 4. The molecule has 0 spiro atoms. The van der Waals surface area contributed by atoms with Crippen LogP contribution in [0.3, 0.4) is 0 Å². The summed E-state index contributed by atoms with van der Waals surface area (Å²) in [5.41, 5.74) is 6.15. The highest BCUT2D eigenvalue weighted by atomic mass is 31.1. The lowest BCUT2D eigenvalue weighted by Gasteiger charge is -2.20. The van der Waals surface area contributed by atoms with Crippen molar-refractivity contribution in [2.24, 2.45) is 0 Å². The summed E-state index contributed by atoms with van der Waals surface area (Å²) in [6.07, 6.45) is 5.33. The van der Waals surface area contributed by atoms with E-state index in [2.05, 4.69) is 13.8 Å². The number of hydrogen-bond donors (Lipinski definition) is 0. The van der Waals surface area contributed by atoms with Crippen LogP contribution in [0.2, 0.25) is 0 Å². The van der Waals surface area contributed by atoms with Crippen molar-refractivity contribution in [2.75, 3.05) is 14.2 Å². The molecule has 8 rings (SSSR count). The Morgan fingerprint density at radius 1 is 0.446 bits per heavy atom. The number of aryl methyl sites for hydroxylation is 2. The van der Waals surface area contributed by atoms with Crippen molar-refractivity contribution >= 4 is 60.4 Å². The van der Waals surface area contributed by atoms with Crippen LogP contribution in [-0.2, 0) is 12.8 Å². The van der Waals surface area contributed by atoms with Crippen LogP contribution in [0.5, 0.6) is 23.0 Å². The minimum absolute atomic E-state index is 0.618. The Morgan fingerprint density at radius 3 is 1.07 bits per heavy atom. The van der Waals surface area contributed by atoms with Crippen LogP contribution >= 0.6 is 16.5 Å². The highest BCUT2D eigenvalue weighted by Crippen LogP contribution is 2.51. The van der Waals surface area contributed by atoms with Crippen LogP contribution in [0.1, 0.15) is 50.7 Å². The molecule has 0 radical (unpaired) electrons. The van der Waals surface area contributed by atoms with Gasteiger partial charge in [-0.3, -0.25) is 0 Å². The highest BCUT2D eigenvalue weighted by Gasteiger charge is 2.25. The zero-order valence-electron chi connectivity index (χ0n) is 32.0. The zero-order valence-corrected chi connectivity index (χ0v) is 33.7. The number of fused-ring (bicyclic) bond motifs is 6. The van der Waals surface area contributed by atoms with Gasteiger partial charge in [-0.15, -0.1) is 0 Å². The molecule has 0 N–H and O–H groups in total. The van der Waals surface area contributed by atoms with E-state index in [1.54, 1.807) is 14.2 Å². The molecule has 0 bridgehead atoms. The highest BCUT2D eigenvalue weighted by molar-refractivity contribution is 7.32. The number of benzene rings is 6. The number of ether oxygens (including phenoxy) is 2. The molecule has 6 aromatic carbocycles.